The van der Waals surface area contributed by atoms with E-state index < -0.39 is 0 Å². The molecule has 0 amide bonds. The normalized spacial score (nSPS) is 17.0. The monoisotopic (exact) mass is 98.1 g/mol. The van der Waals surface area contributed by atoms with Crippen molar-refractivity contribution in [2.24, 2.45) is 10.4 Å². The summed E-state index contributed by atoms with van der Waals surface area (Å²) in [6.07, 6.45) is 3.47. The van der Waals surface area contributed by atoms with E-state index >= 15 is 0 Å². The maximum atomic E-state index is 3.59. The maximum Gasteiger partial charge on any atom is 0.0424 e. The third kappa shape index (κ3) is 0.887. The fourth-order valence-corrected chi connectivity index (χ4v) is 0.301. The van der Waals surface area contributed by atoms with Crippen molar-refractivity contribution < 1.29 is 0 Å². The van der Waals surface area contributed by atoms with Crippen LogP contribution in [0.15, 0.2) is 22.8 Å². The van der Waals surface area contributed by atoms with E-state index in [1.165, 1.54) is 0 Å². The summed E-state index contributed by atoms with van der Waals surface area (Å²) in [5, 5.41) is 8.67. The second kappa shape index (κ2) is 1.59. The van der Waals surface area contributed by atoms with Gasteiger partial charge in [0.2, 0.25) is 0 Å². The Kier molecular flexibility index (Phi) is 0.934. The summed E-state index contributed by atoms with van der Waals surface area (Å²) in [5.41, 5.74) is 2.55. The van der Waals surface area contributed by atoms with E-state index in [0.717, 1.165) is 0 Å². The molecule has 4 nitrogen and oxygen atoms in total. The molecule has 0 aliphatic carbocycles. The fraction of sp³-hybridized carbons (Fsp3) is 0.333. The van der Waals surface area contributed by atoms with Gasteiger partial charge in [0, 0.05) is 19.4 Å². The number of hydrogen-bond donors (Lipinski definition) is 1. The third-order valence-electron chi connectivity index (χ3n) is 0.608. The van der Waals surface area contributed by atoms with E-state index in [4.69, 9.17) is 0 Å². The first-order valence-corrected chi connectivity index (χ1v) is 1.95. The molecular formula is C3H6N4. The largest absolute Gasteiger partial charge is 0.264 e. The molecule has 0 aromatic rings. The van der Waals surface area contributed by atoms with E-state index in [2.05, 4.69) is 15.9 Å². The van der Waals surface area contributed by atoms with Crippen LogP contribution in [0, 0.1) is 0 Å². The lowest BCUT2D eigenvalue weighted by Crippen LogP contribution is -2.08. The molecule has 1 aliphatic rings. The first-order valence-electron chi connectivity index (χ1n) is 1.95. The highest BCUT2D eigenvalue weighted by molar-refractivity contribution is 4.76. The van der Waals surface area contributed by atoms with Crippen LogP contribution < -0.4 is 5.43 Å². The minimum Gasteiger partial charge on any atom is -0.264 e. The minimum atomic E-state index is 1.61. The Morgan fingerprint density at radius 1 is 1.71 bits per heavy atom. The first-order chi connectivity index (χ1) is 3.39. The summed E-state index contributed by atoms with van der Waals surface area (Å²) >= 11 is 0. The summed E-state index contributed by atoms with van der Waals surface area (Å²) in [6, 6.07) is 0. The molecule has 0 unspecified atom stereocenters. The Hall–Kier alpha value is -1.06. The van der Waals surface area contributed by atoms with E-state index in [-0.39, 0.29) is 0 Å². The lowest BCUT2D eigenvalue weighted by molar-refractivity contribution is 0.415. The molecule has 0 aromatic heterocycles. The van der Waals surface area contributed by atoms with Crippen LogP contribution in [0.3, 0.4) is 0 Å². The lowest BCUT2D eigenvalue weighted by atomic mass is 10.9. The predicted octanol–water partition coefficient (Wildman–Crippen LogP) is 0.275. The summed E-state index contributed by atoms with van der Waals surface area (Å²) in [7, 11) is 1.81. The maximum absolute atomic E-state index is 3.59. The third-order valence-corrected chi connectivity index (χ3v) is 0.608. The molecule has 4 heteroatoms. The van der Waals surface area contributed by atoms with Gasteiger partial charge in [-0.25, -0.2) is 0 Å². The van der Waals surface area contributed by atoms with Gasteiger partial charge in [-0.3, -0.25) is 10.4 Å². The Bertz CT molecular complexity index is 93.5. The van der Waals surface area contributed by atoms with Gasteiger partial charge in [-0.05, 0) is 5.22 Å². The fourth-order valence-electron chi connectivity index (χ4n) is 0.301. The predicted molar refractivity (Wildman–Crippen MR) is 24.9 cm³/mol. The van der Waals surface area contributed by atoms with Crippen molar-refractivity contribution in [1.82, 2.24) is 10.4 Å². The quantitative estimate of drug-likeness (QED) is 0.472. The van der Waals surface area contributed by atoms with Gasteiger partial charge >= 0.3 is 0 Å². The zero-order chi connectivity index (χ0) is 5.11. The molecule has 1 aliphatic heterocycles. The van der Waals surface area contributed by atoms with Crippen molar-refractivity contribution in [3.63, 3.8) is 0 Å². The van der Waals surface area contributed by atoms with E-state index in [0.29, 0.717) is 0 Å². The van der Waals surface area contributed by atoms with E-state index in [1.54, 1.807) is 24.5 Å². The van der Waals surface area contributed by atoms with Crippen LogP contribution in [0.25, 0.3) is 0 Å². The molecule has 0 bridgehead atoms. The van der Waals surface area contributed by atoms with Gasteiger partial charge in [-0.15, -0.1) is 0 Å². The Morgan fingerprint density at radius 2 is 2.57 bits per heavy atom. The molecule has 0 spiro atoms. The Balaban J connectivity index is 2.49. The van der Waals surface area contributed by atoms with Gasteiger partial charge in [-0.1, -0.05) is 5.22 Å². The van der Waals surface area contributed by atoms with E-state index in [1.807, 2.05) is 0 Å². The Morgan fingerprint density at radius 3 is 2.86 bits per heavy atom. The van der Waals surface area contributed by atoms with Crippen LogP contribution in [-0.2, 0) is 0 Å². The topological polar surface area (TPSA) is 40.0 Å². The molecule has 38 valence electrons. The summed E-state index contributed by atoms with van der Waals surface area (Å²) in [6.45, 7) is 0. The van der Waals surface area contributed by atoms with Crippen molar-refractivity contribution in [2.75, 3.05) is 7.05 Å². The van der Waals surface area contributed by atoms with Crippen LogP contribution in [0.5, 0.6) is 0 Å². The second-order valence-electron chi connectivity index (χ2n) is 1.21. The number of rotatable bonds is 0. The van der Waals surface area contributed by atoms with Crippen LogP contribution >= 0.6 is 0 Å². The number of nitrogens with zero attached hydrogens (tertiary/aromatic N) is 3. The molecule has 0 saturated heterocycles. The van der Waals surface area contributed by atoms with Crippen LogP contribution in [0.4, 0.5) is 0 Å². The Labute approximate surface area is 41.5 Å². The lowest BCUT2D eigenvalue weighted by Gasteiger charge is -2.05. The molecule has 0 aromatic carbocycles. The molecule has 0 atom stereocenters. The average Bonchev–Trinajstić information content (AvgIpc) is 1.69. The summed E-state index contributed by atoms with van der Waals surface area (Å²) in [4.78, 5) is 0. The van der Waals surface area contributed by atoms with Gasteiger partial charge in [-0.2, -0.15) is 0 Å². The molecule has 1 heterocycles. The van der Waals surface area contributed by atoms with Gasteiger partial charge in [0.25, 0.3) is 0 Å². The van der Waals surface area contributed by atoms with Gasteiger partial charge in [0.1, 0.15) is 0 Å². The van der Waals surface area contributed by atoms with Crippen LogP contribution in [0.2, 0.25) is 0 Å². The standard InChI is InChI=1S/C3H6N4/c1-7-3-2-4-5-6-7/h2-3H,1H3,(H,4,6). The smallest absolute Gasteiger partial charge is 0.0424 e. The second-order valence-corrected chi connectivity index (χ2v) is 1.21. The SMILES string of the molecule is CN1C=CNN=N1. The van der Waals surface area contributed by atoms with Crippen molar-refractivity contribution in [1.29, 1.82) is 0 Å². The van der Waals surface area contributed by atoms with Crippen molar-refractivity contribution in [2.45, 2.75) is 0 Å². The molecule has 1 N–H and O–H groups in total. The molecule has 0 radical (unpaired) electrons. The first kappa shape index (κ1) is 4.11. The zero-order valence-electron chi connectivity index (χ0n) is 4.00. The van der Waals surface area contributed by atoms with Gasteiger partial charge in [0.05, 0.1) is 0 Å². The highest BCUT2D eigenvalue weighted by Gasteiger charge is 1.85. The van der Waals surface area contributed by atoms with Crippen LogP contribution in [0.1, 0.15) is 0 Å². The molecule has 1 rings (SSSR count). The van der Waals surface area contributed by atoms with Gasteiger partial charge in [0.15, 0.2) is 0 Å². The van der Waals surface area contributed by atoms with Crippen molar-refractivity contribution >= 4 is 0 Å². The zero-order valence-corrected chi connectivity index (χ0v) is 4.00. The van der Waals surface area contributed by atoms with Crippen molar-refractivity contribution in [3.05, 3.63) is 12.4 Å². The molecule has 0 fully saturated rings. The molecule has 7 heavy (non-hydrogen) atoms. The number of nitrogens with one attached hydrogen (secondary N) is 1. The molecule has 0 saturated carbocycles. The van der Waals surface area contributed by atoms with Crippen LogP contribution in [-0.4, -0.2) is 12.1 Å². The highest BCUT2D eigenvalue weighted by Crippen LogP contribution is 1.88. The van der Waals surface area contributed by atoms with Gasteiger partial charge < -0.3 is 0 Å². The summed E-state index contributed by atoms with van der Waals surface area (Å²) in [5.74, 6) is 0. The van der Waals surface area contributed by atoms with E-state index in [9.17, 15) is 0 Å². The molecular weight excluding hydrogens is 92.1 g/mol. The highest BCUT2D eigenvalue weighted by atomic mass is 15.6. The minimum absolute atomic E-state index is 1.61. The summed E-state index contributed by atoms with van der Waals surface area (Å²) < 4.78 is 0. The number of hydrogen-bond acceptors (Lipinski definition) is 4. The van der Waals surface area contributed by atoms with Crippen molar-refractivity contribution in [3.8, 4) is 0 Å². The average molecular weight is 98.1 g/mol.